The smallest absolute Gasteiger partial charge is 1.00 e. The van der Waals surface area contributed by atoms with E-state index in [4.69, 9.17) is 0 Å². The van der Waals surface area contributed by atoms with Crippen molar-refractivity contribution in [2.24, 2.45) is 0 Å². The van der Waals surface area contributed by atoms with E-state index in [0.717, 1.165) is 6.42 Å². The molecule has 0 fully saturated rings. The molecule has 0 atom stereocenters. The number of hydrogen-bond acceptors (Lipinski definition) is 0. The van der Waals surface area contributed by atoms with Crippen LogP contribution in [0.25, 0.3) is 0 Å². The average molecular weight is 427 g/mol. The Morgan fingerprint density at radius 3 is 1.55 bits per heavy atom. The molecule has 0 saturated heterocycles. The molecule has 0 radical (unpaired) electrons. The number of benzene rings is 2. The van der Waals surface area contributed by atoms with Crippen LogP contribution in [-0.4, -0.2) is 6.71 Å². The molecule has 1 aliphatic carbocycles. The molecule has 0 saturated carbocycles. The molecule has 0 amide bonds. The summed E-state index contributed by atoms with van der Waals surface area (Å²) in [6.45, 7) is 0.336. The van der Waals surface area contributed by atoms with Crippen molar-refractivity contribution in [1.29, 1.82) is 0 Å². The first-order valence-corrected chi connectivity index (χ1v) is 6.32. The van der Waals surface area contributed by atoms with Gasteiger partial charge in [0.05, 0.1) is 0 Å². The van der Waals surface area contributed by atoms with Crippen LogP contribution in [0.3, 0.4) is 0 Å². The minimum absolute atomic E-state index is 0. The first-order chi connectivity index (χ1) is 8.95. The fourth-order valence-corrected chi connectivity index (χ4v) is 2.50. The van der Waals surface area contributed by atoms with Gasteiger partial charge in [-0.15, -0.1) is 6.42 Å². The van der Waals surface area contributed by atoms with Gasteiger partial charge in [-0.3, -0.25) is 6.08 Å². The Morgan fingerprint density at radius 2 is 1.18 bits per heavy atom. The quantitative estimate of drug-likeness (QED) is 0.338. The van der Waals surface area contributed by atoms with Crippen molar-refractivity contribution < 1.29 is 63.4 Å². The van der Waals surface area contributed by atoms with Gasteiger partial charge in [0.15, 0.2) is 0 Å². The van der Waals surface area contributed by atoms with Gasteiger partial charge in [0.25, 0.3) is 0 Å². The summed E-state index contributed by atoms with van der Waals surface area (Å²) in [7, 11) is 0. The molecule has 0 spiro atoms. The Bertz CT molecular complexity index is 546. The van der Waals surface area contributed by atoms with Gasteiger partial charge in [0.1, 0.15) is 0 Å². The van der Waals surface area contributed by atoms with Crippen molar-refractivity contribution in [3.8, 4) is 0 Å². The number of hydrogen-bond donors (Lipinski definition) is 0. The summed E-state index contributed by atoms with van der Waals surface area (Å²) < 4.78 is 0. The minimum Gasteiger partial charge on any atom is -1.00 e. The molecule has 0 heterocycles. The van der Waals surface area contributed by atoms with Crippen molar-refractivity contribution in [2.45, 2.75) is 6.42 Å². The Labute approximate surface area is 170 Å². The first kappa shape index (κ1) is 24.0. The Morgan fingerprint density at radius 1 is 0.727 bits per heavy atom. The molecule has 0 nitrogen and oxygen atoms in total. The Balaban J connectivity index is 0. The molecule has 110 valence electrons. The van der Waals surface area contributed by atoms with E-state index < -0.39 is 0 Å². The van der Waals surface area contributed by atoms with Crippen LogP contribution in [0.5, 0.6) is 0 Å². The first-order valence-electron chi connectivity index (χ1n) is 6.32. The van der Waals surface area contributed by atoms with E-state index in [2.05, 4.69) is 72.8 Å². The summed E-state index contributed by atoms with van der Waals surface area (Å²) in [5.74, 6) is 0. The Hall–Kier alpha value is -0.262. The van der Waals surface area contributed by atoms with E-state index in [-0.39, 0.29) is 63.4 Å². The molecule has 0 N–H and O–H groups in total. The maximum atomic E-state index is 3.39. The van der Waals surface area contributed by atoms with Gasteiger partial charge in [-0.2, -0.15) is 5.47 Å². The molecule has 5 heteroatoms. The molecular formula is C17H14BCl3Zr. The summed E-state index contributed by atoms with van der Waals surface area (Å²) >= 11 is 0. The van der Waals surface area contributed by atoms with Gasteiger partial charge < -0.3 is 37.2 Å². The summed E-state index contributed by atoms with van der Waals surface area (Å²) in [6, 6.07) is 21.3. The fraction of sp³-hybridized carbons (Fsp3) is 0.0588. The van der Waals surface area contributed by atoms with Crippen LogP contribution >= 0.6 is 0 Å². The SMILES string of the molecule is [C-]1=C(B(c2ccccc2)c2ccccc2)CC=C1.[Cl-].[Cl-].[Cl-].[Zr+4]. The molecule has 2 aromatic carbocycles. The predicted octanol–water partition coefficient (Wildman–Crippen LogP) is -6.47. The van der Waals surface area contributed by atoms with Crippen LogP contribution in [0.15, 0.2) is 78.3 Å². The molecule has 0 bridgehead atoms. The van der Waals surface area contributed by atoms with Gasteiger partial charge in [-0.05, 0) is 0 Å². The predicted molar refractivity (Wildman–Crippen MR) is 78.4 cm³/mol. The van der Waals surface area contributed by atoms with Crippen molar-refractivity contribution in [1.82, 2.24) is 0 Å². The van der Waals surface area contributed by atoms with E-state index in [0.29, 0.717) is 6.71 Å². The normalized spacial score (nSPS) is 11.0. The number of allylic oxidation sites excluding steroid dienone is 4. The third kappa shape index (κ3) is 5.74. The van der Waals surface area contributed by atoms with Crippen molar-refractivity contribution in [3.05, 3.63) is 84.4 Å². The third-order valence-corrected chi connectivity index (χ3v) is 3.34. The molecule has 1 aliphatic rings. The molecule has 0 unspecified atom stereocenters. The zero-order chi connectivity index (χ0) is 12.2. The number of halogens is 3. The molecule has 22 heavy (non-hydrogen) atoms. The van der Waals surface area contributed by atoms with Crippen LogP contribution in [0.2, 0.25) is 0 Å². The van der Waals surface area contributed by atoms with Gasteiger partial charge >= 0.3 is 26.2 Å². The zero-order valence-corrected chi connectivity index (χ0v) is 16.6. The summed E-state index contributed by atoms with van der Waals surface area (Å²) in [6.07, 6.45) is 8.61. The Kier molecular flexibility index (Phi) is 13.3. The molecule has 0 aliphatic heterocycles. The van der Waals surface area contributed by atoms with Gasteiger partial charge in [-0.25, -0.2) is 12.2 Å². The van der Waals surface area contributed by atoms with Crippen LogP contribution in [0.1, 0.15) is 6.42 Å². The second-order valence-corrected chi connectivity index (χ2v) is 4.53. The number of rotatable bonds is 3. The van der Waals surface area contributed by atoms with Crippen LogP contribution < -0.4 is 48.1 Å². The second-order valence-electron chi connectivity index (χ2n) is 4.53. The maximum Gasteiger partial charge on any atom is 4.00 e. The molecule has 0 aromatic heterocycles. The van der Waals surface area contributed by atoms with Crippen LogP contribution in [-0.2, 0) is 26.2 Å². The largest absolute Gasteiger partial charge is 4.00 e. The van der Waals surface area contributed by atoms with E-state index in [1.165, 1.54) is 16.4 Å². The topological polar surface area (TPSA) is 0 Å². The summed E-state index contributed by atoms with van der Waals surface area (Å²) in [4.78, 5) is 0. The van der Waals surface area contributed by atoms with Gasteiger partial charge in [0, 0.05) is 0 Å². The molecular weight excluding hydrogens is 413 g/mol. The van der Waals surface area contributed by atoms with Crippen LogP contribution in [0.4, 0.5) is 0 Å². The maximum absolute atomic E-state index is 3.39. The average Bonchev–Trinajstić information content (AvgIpc) is 2.95. The third-order valence-electron chi connectivity index (χ3n) is 3.34. The van der Waals surface area contributed by atoms with E-state index in [9.17, 15) is 0 Å². The van der Waals surface area contributed by atoms with Gasteiger partial charge in [-0.1, -0.05) is 71.6 Å². The van der Waals surface area contributed by atoms with Crippen molar-refractivity contribution in [2.75, 3.05) is 0 Å². The van der Waals surface area contributed by atoms with Gasteiger partial charge in [0.2, 0.25) is 6.71 Å². The monoisotopic (exact) mass is 424 g/mol. The van der Waals surface area contributed by atoms with Crippen LogP contribution in [0, 0.1) is 6.08 Å². The molecule has 3 rings (SSSR count). The van der Waals surface area contributed by atoms with E-state index in [1.54, 1.807) is 0 Å². The fourth-order valence-electron chi connectivity index (χ4n) is 2.50. The summed E-state index contributed by atoms with van der Waals surface area (Å²) in [5.41, 5.74) is 4.04. The van der Waals surface area contributed by atoms with E-state index >= 15 is 0 Å². The minimum atomic E-state index is 0. The second kappa shape index (κ2) is 12.2. The van der Waals surface area contributed by atoms with Crippen molar-refractivity contribution in [3.63, 3.8) is 0 Å². The van der Waals surface area contributed by atoms with Crippen molar-refractivity contribution >= 4 is 17.6 Å². The zero-order valence-electron chi connectivity index (χ0n) is 11.8. The standard InChI is InChI=1S/C17H14B.3ClH.Zr/c1-3-9-15(10-4-1)18(17-13-7-8-14-17)16-11-5-2-6-12-16;;;;/h1-12H,13H2;3*1H;/q-1;;;;+4/p-3. The van der Waals surface area contributed by atoms with E-state index in [1.807, 2.05) is 6.08 Å². The summed E-state index contributed by atoms with van der Waals surface area (Å²) in [5, 5.41) is 0. The molecule has 2 aromatic rings.